The Morgan fingerprint density at radius 2 is 2.00 bits per heavy atom. The van der Waals surface area contributed by atoms with E-state index in [2.05, 4.69) is 0 Å². The number of nitrogens with one attached hydrogen (secondary N) is 1. The standard InChI is InChI=1S/H2N2O2.Sr.2H/c3-1-2-4;;;/h1H,(H-,2,3,4);;;. The average molecular weight is 152 g/mol. The molecule has 0 saturated carbocycles. The maximum atomic E-state index is 8.63. The van der Waals surface area contributed by atoms with Crippen LogP contribution in [0, 0.1) is 5.21 Å². The van der Waals surface area contributed by atoms with Crippen molar-refractivity contribution in [2.75, 3.05) is 0 Å². The third kappa shape index (κ3) is 11.9. The molecule has 0 aliphatic rings. The number of rotatable bonds is 0. The summed E-state index contributed by atoms with van der Waals surface area (Å²) in [4.78, 5) is 0. The van der Waals surface area contributed by atoms with Crippen LogP contribution in [0.25, 0.3) is 0 Å². The molecular formula is H4N2O2Sr. The molecule has 5 heteroatoms. The Labute approximate surface area is 65.7 Å². The Bertz CT molecular complexity index is 22.8. The minimum absolute atomic E-state index is 0. The molecule has 0 bridgehead atoms. The van der Waals surface area contributed by atoms with Crippen molar-refractivity contribution in [1.82, 2.24) is 0 Å². The summed E-state index contributed by atoms with van der Waals surface area (Å²) in [6.45, 7) is 0. The topological polar surface area (TPSA) is 69.6 Å². The van der Waals surface area contributed by atoms with Gasteiger partial charge in [0.05, 0.1) is 0 Å². The van der Waals surface area contributed by atoms with E-state index in [-0.39, 0.29) is 45.5 Å². The second-order valence-corrected chi connectivity index (χ2v) is 0.191. The molecule has 0 aromatic heterocycles. The first kappa shape index (κ1) is 9.19. The van der Waals surface area contributed by atoms with Crippen molar-refractivity contribution in [3.05, 3.63) is 5.21 Å². The summed E-state index contributed by atoms with van der Waals surface area (Å²) >= 11 is 0. The molecule has 0 atom stereocenters. The van der Waals surface area contributed by atoms with Crippen LogP contribution in [0.5, 0.6) is 0 Å². The Morgan fingerprint density at radius 1 is 1.80 bits per heavy atom. The first-order chi connectivity index (χ1) is 1.91. The fourth-order valence-electron chi connectivity index (χ4n) is 0. The van der Waals surface area contributed by atoms with Gasteiger partial charge in [-0.25, -0.2) is 0 Å². The zero-order valence-electron chi connectivity index (χ0n) is 1.80. The summed E-state index contributed by atoms with van der Waals surface area (Å²) in [7, 11) is 0. The van der Waals surface area contributed by atoms with Crippen molar-refractivity contribution in [2.45, 2.75) is 0 Å². The monoisotopic (exact) mass is 152 g/mol. The zero-order chi connectivity index (χ0) is 3.41. The third-order valence-corrected chi connectivity index (χ3v) is 0.0408. The van der Waals surface area contributed by atoms with E-state index in [9.17, 15) is 0 Å². The summed E-state index contributed by atoms with van der Waals surface area (Å²) < 4.78 is 0. The Morgan fingerprint density at radius 3 is 2.00 bits per heavy atom. The molecule has 0 saturated heterocycles. The van der Waals surface area contributed by atoms with Crippen molar-refractivity contribution in [3.63, 3.8) is 0 Å². The van der Waals surface area contributed by atoms with Gasteiger partial charge in [0.1, 0.15) is 0 Å². The summed E-state index contributed by atoms with van der Waals surface area (Å²) in [5, 5.41) is 18.5. The molecule has 0 aliphatic heterocycles. The van der Waals surface area contributed by atoms with Gasteiger partial charge in [-0.2, -0.15) is 0 Å². The maximum absolute atomic E-state index is 8.63. The SMILES string of the molecule is [O-][NH+]=NO.[SrH2]. The van der Waals surface area contributed by atoms with Crippen molar-refractivity contribution in [2.24, 2.45) is 5.28 Å². The van der Waals surface area contributed by atoms with Gasteiger partial charge in [-0.15, -0.1) is 0 Å². The van der Waals surface area contributed by atoms with E-state index in [1.807, 2.05) is 5.28 Å². The fourth-order valence-corrected chi connectivity index (χ4v) is 0. The molecule has 0 aromatic carbocycles. The number of nitrogens with zero attached hydrogens (tertiary/aromatic N) is 1. The van der Waals surface area contributed by atoms with Crippen LogP contribution in [-0.4, -0.2) is 50.7 Å². The molecule has 0 aromatic rings. The molecular weight excluding hydrogens is 148 g/mol. The van der Waals surface area contributed by atoms with E-state index < -0.39 is 0 Å². The molecule has 0 aliphatic carbocycles. The van der Waals surface area contributed by atoms with Gasteiger partial charge in [-0.1, -0.05) is 5.28 Å². The molecule has 5 heavy (non-hydrogen) atoms. The normalized spacial score (nSPS) is 7.20. The van der Waals surface area contributed by atoms with E-state index >= 15 is 0 Å². The molecule has 0 fully saturated rings. The molecule has 0 heterocycles. The Hall–Kier alpha value is 0.681. The Balaban J connectivity index is 0. The molecule has 4 nitrogen and oxygen atoms in total. The molecule has 28 valence electrons. The van der Waals surface area contributed by atoms with Crippen molar-refractivity contribution < 1.29 is 10.5 Å². The molecule has 0 radical (unpaired) electrons. The Kier molecular flexibility index (Phi) is 16.2. The van der Waals surface area contributed by atoms with Gasteiger partial charge >= 0.3 is 45.5 Å². The second kappa shape index (κ2) is 8.82. The van der Waals surface area contributed by atoms with E-state index in [1.165, 1.54) is 0 Å². The average Bonchev–Trinajstić information content (AvgIpc) is 1.37. The predicted molar refractivity (Wildman–Crippen MR) is 17.1 cm³/mol. The fraction of sp³-hybridized carbons (Fsp3) is 0. The molecule has 0 amide bonds. The van der Waals surface area contributed by atoms with Crippen LogP contribution >= 0.6 is 0 Å². The van der Waals surface area contributed by atoms with Gasteiger partial charge in [0, 0.05) is 0 Å². The quantitative estimate of drug-likeness (QED) is 0.228. The van der Waals surface area contributed by atoms with Crippen LogP contribution < -0.4 is 5.28 Å². The van der Waals surface area contributed by atoms with Crippen LogP contribution in [0.2, 0.25) is 0 Å². The van der Waals surface area contributed by atoms with Crippen molar-refractivity contribution in [3.8, 4) is 0 Å². The van der Waals surface area contributed by atoms with Crippen LogP contribution in [-0.2, 0) is 0 Å². The van der Waals surface area contributed by atoms with Gasteiger partial charge < -0.3 is 10.4 Å². The van der Waals surface area contributed by atoms with Gasteiger partial charge in [-0.3, -0.25) is 0 Å². The van der Waals surface area contributed by atoms with Crippen molar-refractivity contribution >= 4 is 45.5 Å². The van der Waals surface area contributed by atoms with Gasteiger partial charge in [-0.05, 0) is 0 Å². The van der Waals surface area contributed by atoms with Crippen molar-refractivity contribution in [1.29, 1.82) is 0 Å². The predicted octanol–water partition coefficient (Wildman–Crippen LogP) is -2.51. The summed E-state index contributed by atoms with van der Waals surface area (Å²) in [6.07, 6.45) is 0. The molecule has 2 N–H and O–H groups in total. The van der Waals surface area contributed by atoms with Gasteiger partial charge in [0.15, 0.2) is 5.28 Å². The summed E-state index contributed by atoms with van der Waals surface area (Å²) in [5.41, 5.74) is 0. The number of hydrogen-bond donors (Lipinski definition) is 2. The van der Waals surface area contributed by atoms with E-state index in [0.29, 0.717) is 0 Å². The van der Waals surface area contributed by atoms with Gasteiger partial charge in [0.25, 0.3) is 0 Å². The van der Waals surface area contributed by atoms with Gasteiger partial charge in [0.2, 0.25) is 0 Å². The van der Waals surface area contributed by atoms with Crippen LogP contribution in [0.15, 0.2) is 5.28 Å². The third-order valence-electron chi connectivity index (χ3n) is 0.0408. The summed E-state index contributed by atoms with van der Waals surface area (Å²) in [6, 6.07) is 0. The van der Waals surface area contributed by atoms with Crippen LogP contribution in [0.1, 0.15) is 0 Å². The second-order valence-electron chi connectivity index (χ2n) is 0.191. The van der Waals surface area contributed by atoms with Crippen LogP contribution in [0.3, 0.4) is 0 Å². The zero-order valence-corrected chi connectivity index (χ0v) is 1.80. The first-order valence-corrected chi connectivity index (χ1v) is 0.628. The van der Waals surface area contributed by atoms with E-state index in [0.717, 1.165) is 5.28 Å². The van der Waals surface area contributed by atoms with E-state index in [1.54, 1.807) is 0 Å². The summed E-state index contributed by atoms with van der Waals surface area (Å²) in [5.74, 6) is 0. The van der Waals surface area contributed by atoms with Crippen LogP contribution in [0.4, 0.5) is 0 Å². The minimum atomic E-state index is 0. The molecule has 0 rings (SSSR count). The number of hydrogen-bond acceptors (Lipinski definition) is 2. The molecule has 0 spiro atoms. The molecule has 0 unspecified atom stereocenters. The van der Waals surface area contributed by atoms with E-state index in [4.69, 9.17) is 10.4 Å². The first-order valence-electron chi connectivity index (χ1n) is 0.628.